The summed E-state index contributed by atoms with van der Waals surface area (Å²) in [5.41, 5.74) is 0.241. The number of H-pyrrole nitrogens is 1. The lowest BCUT2D eigenvalue weighted by Crippen LogP contribution is -2.20. The molecule has 1 heterocycles. The number of carbonyl (C=O) groups is 2. The van der Waals surface area contributed by atoms with Crippen molar-refractivity contribution >= 4 is 17.6 Å². The summed E-state index contributed by atoms with van der Waals surface area (Å²) in [6.07, 6.45) is 5.59. The number of rotatable bonds is 5. The highest BCUT2D eigenvalue weighted by Crippen LogP contribution is 2.18. The zero-order chi connectivity index (χ0) is 13.8. The molecule has 0 amide bonds. The second-order valence-electron chi connectivity index (χ2n) is 5.40. The summed E-state index contributed by atoms with van der Waals surface area (Å²) in [4.78, 5) is 30.5. The fraction of sp³-hybridized carbons (Fsp3) is 0.500. The molecule has 18 heavy (non-hydrogen) atoms. The number of hydrogen-bond acceptors (Lipinski definition) is 3. The third kappa shape index (κ3) is 4.28. The van der Waals surface area contributed by atoms with Gasteiger partial charge in [0.25, 0.3) is 0 Å². The standard InChI is InChI=1S/C14H20N2O2/c1-10(9-13-15-7-8-16-13)11(17)5-6-12(18)14(2,3)4/h7-9H,5-6H2,1-4H3,(H,15,16)/b10-9+. The molecule has 1 N–H and O–H groups in total. The van der Waals surface area contributed by atoms with Crippen LogP contribution in [0.25, 0.3) is 6.08 Å². The van der Waals surface area contributed by atoms with E-state index in [1.807, 2.05) is 20.8 Å². The maximum atomic E-state index is 11.8. The van der Waals surface area contributed by atoms with Gasteiger partial charge in [-0.3, -0.25) is 9.59 Å². The topological polar surface area (TPSA) is 62.8 Å². The molecule has 4 heteroatoms. The molecular weight excluding hydrogens is 228 g/mol. The minimum atomic E-state index is -0.376. The molecule has 0 aromatic carbocycles. The Morgan fingerprint density at radius 3 is 2.50 bits per heavy atom. The maximum Gasteiger partial charge on any atom is 0.159 e. The van der Waals surface area contributed by atoms with E-state index in [1.54, 1.807) is 25.4 Å². The summed E-state index contributed by atoms with van der Waals surface area (Å²) in [5, 5.41) is 0. The van der Waals surface area contributed by atoms with Crippen LogP contribution in [0.5, 0.6) is 0 Å². The van der Waals surface area contributed by atoms with E-state index >= 15 is 0 Å². The summed E-state index contributed by atoms with van der Waals surface area (Å²) < 4.78 is 0. The second kappa shape index (κ2) is 5.76. The molecule has 1 aromatic rings. The molecule has 0 aliphatic rings. The zero-order valence-electron chi connectivity index (χ0n) is 11.4. The molecule has 98 valence electrons. The number of Topliss-reactive ketones (excluding diaryl/α,β-unsaturated/α-hetero) is 2. The van der Waals surface area contributed by atoms with Gasteiger partial charge in [-0.05, 0) is 18.6 Å². The van der Waals surface area contributed by atoms with Crippen LogP contribution < -0.4 is 0 Å². The van der Waals surface area contributed by atoms with Crippen LogP contribution >= 0.6 is 0 Å². The van der Waals surface area contributed by atoms with Crippen molar-refractivity contribution in [2.75, 3.05) is 0 Å². The molecule has 0 unspecified atom stereocenters. The third-order valence-electron chi connectivity index (χ3n) is 2.73. The van der Waals surface area contributed by atoms with E-state index in [1.165, 1.54) is 0 Å². The molecule has 1 aromatic heterocycles. The van der Waals surface area contributed by atoms with Gasteiger partial charge in [0.1, 0.15) is 11.6 Å². The van der Waals surface area contributed by atoms with Crippen LogP contribution in [-0.4, -0.2) is 21.5 Å². The Morgan fingerprint density at radius 1 is 1.33 bits per heavy atom. The molecule has 0 aliphatic carbocycles. The smallest absolute Gasteiger partial charge is 0.159 e. The fourth-order valence-electron chi connectivity index (χ4n) is 1.44. The van der Waals surface area contributed by atoms with Crippen molar-refractivity contribution in [3.63, 3.8) is 0 Å². The Morgan fingerprint density at radius 2 is 2.00 bits per heavy atom. The van der Waals surface area contributed by atoms with Gasteiger partial charge in [0.15, 0.2) is 5.78 Å². The van der Waals surface area contributed by atoms with E-state index in [9.17, 15) is 9.59 Å². The van der Waals surface area contributed by atoms with E-state index in [2.05, 4.69) is 9.97 Å². The quantitative estimate of drug-likeness (QED) is 0.815. The van der Waals surface area contributed by atoms with Gasteiger partial charge in [0, 0.05) is 30.7 Å². The second-order valence-corrected chi connectivity index (χ2v) is 5.40. The molecule has 0 aliphatic heterocycles. The largest absolute Gasteiger partial charge is 0.345 e. The molecule has 0 saturated heterocycles. The number of nitrogens with one attached hydrogen (secondary N) is 1. The highest BCUT2D eigenvalue weighted by Gasteiger charge is 2.21. The van der Waals surface area contributed by atoms with Crippen molar-refractivity contribution in [3.8, 4) is 0 Å². The van der Waals surface area contributed by atoms with Crippen LogP contribution in [0.4, 0.5) is 0 Å². The van der Waals surface area contributed by atoms with Gasteiger partial charge in [0.2, 0.25) is 0 Å². The molecule has 0 atom stereocenters. The van der Waals surface area contributed by atoms with Crippen LogP contribution in [0.2, 0.25) is 0 Å². The van der Waals surface area contributed by atoms with E-state index in [0.717, 1.165) is 0 Å². The van der Waals surface area contributed by atoms with Crippen LogP contribution in [0.3, 0.4) is 0 Å². The number of ketones is 2. The SMILES string of the molecule is C/C(=C\c1ncc[nH]1)C(=O)CCC(=O)C(C)(C)C. The highest BCUT2D eigenvalue weighted by molar-refractivity contribution is 6.00. The van der Waals surface area contributed by atoms with Gasteiger partial charge in [-0.15, -0.1) is 0 Å². The van der Waals surface area contributed by atoms with Gasteiger partial charge >= 0.3 is 0 Å². The van der Waals surface area contributed by atoms with Crippen molar-refractivity contribution in [1.82, 2.24) is 9.97 Å². The van der Waals surface area contributed by atoms with Crippen LogP contribution in [0.15, 0.2) is 18.0 Å². The van der Waals surface area contributed by atoms with E-state index < -0.39 is 0 Å². The van der Waals surface area contributed by atoms with E-state index in [4.69, 9.17) is 0 Å². The predicted molar refractivity (Wildman–Crippen MR) is 70.9 cm³/mol. The zero-order valence-corrected chi connectivity index (χ0v) is 11.4. The lowest BCUT2D eigenvalue weighted by molar-refractivity contribution is -0.128. The first-order valence-electron chi connectivity index (χ1n) is 6.05. The van der Waals surface area contributed by atoms with Gasteiger partial charge in [-0.1, -0.05) is 20.8 Å². The number of imidazole rings is 1. The van der Waals surface area contributed by atoms with Gasteiger partial charge in [-0.25, -0.2) is 4.98 Å². The minimum absolute atomic E-state index is 0.0102. The van der Waals surface area contributed by atoms with Crippen LogP contribution in [0, 0.1) is 5.41 Å². The first-order valence-corrected chi connectivity index (χ1v) is 6.05. The molecule has 0 fully saturated rings. The van der Waals surface area contributed by atoms with Crippen LogP contribution in [-0.2, 0) is 9.59 Å². The van der Waals surface area contributed by atoms with Crippen LogP contribution in [0.1, 0.15) is 46.4 Å². The average Bonchev–Trinajstić information content (AvgIpc) is 2.76. The van der Waals surface area contributed by atoms with Crippen molar-refractivity contribution in [3.05, 3.63) is 23.8 Å². The number of nitrogens with zero attached hydrogens (tertiary/aromatic N) is 1. The fourth-order valence-corrected chi connectivity index (χ4v) is 1.44. The number of aromatic amines is 1. The summed E-state index contributed by atoms with van der Waals surface area (Å²) in [7, 11) is 0. The average molecular weight is 248 g/mol. The van der Waals surface area contributed by atoms with E-state index in [0.29, 0.717) is 17.8 Å². The molecular formula is C14H20N2O2. The van der Waals surface area contributed by atoms with Gasteiger partial charge in [-0.2, -0.15) is 0 Å². The summed E-state index contributed by atoms with van der Waals surface area (Å²) in [6.45, 7) is 7.34. The van der Waals surface area contributed by atoms with E-state index in [-0.39, 0.29) is 23.4 Å². The maximum absolute atomic E-state index is 11.8. The Bertz CT molecular complexity index is 451. The third-order valence-corrected chi connectivity index (χ3v) is 2.73. The number of allylic oxidation sites excluding steroid dienone is 1. The Labute approximate surface area is 108 Å². The Balaban J connectivity index is 2.54. The van der Waals surface area contributed by atoms with Crippen molar-refractivity contribution in [1.29, 1.82) is 0 Å². The number of aromatic nitrogens is 2. The number of carbonyl (C=O) groups excluding carboxylic acids is 2. The predicted octanol–water partition coefficient (Wildman–Crippen LogP) is 2.78. The molecule has 0 spiro atoms. The molecule has 0 saturated carbocycles. The summed E-state index contributed by atoms with van der Waals surface area (Å²) in [6, 6.07) is 0. The lowest BCUT2D eigenvalue weighted by Gasteiger charge is -2.15. The van der Waals surface area contributed by atoms with Crippen molar-refractivity contribution in [2.24, 2.45) is 5.41 Å². The molecule has 4 nitrogen and oxygen atoms in total. The molecule has 1 rings (SSSR count). The summed E-state index contributed by atoms with van der Waals surface area (Å²) >= 11 is 0. The first kappa shape index (κ1) is 14.4. The molecule has 0 radical (unpaired) electrons. The summed E-state index contributed by atoms with van der Waals surface area (Å²) in [5.74, 6) is 0.758. The Kier molecular flexibility index (Phi) is 4.59. The van der Waals surface area contributed by atoms with Crippen molar-refractivity contribution < 1.29 is 9.59 Å². The van der Waals surface area contributed by atoms with Crippen molar-refractivity contribution in [2.45, 2.75) is 40.5 Å². The van der Waals surface area contributed by atoms with Gasteiger partial charge in [0.05, 0.1) is 0 Å². The monoisotopic (exact) mass is 248 g/mol. The first-order chi connectivity index (χ1) is 8.30. The lowest BCUT2D eigenvalue weighted by atomic mass is 9.87. The number of hydrogen-bond donors (Lipinski definition) is 1. The molecule has 0 bridgehead atoms. The Hall–Kier alpha value is -1.71. The minimum Gasteiger partial charge on any atom is -0.345 e. The highest BCUT2D eigenvalue weighted by atomic mass is 16.1. The normalized spacial score (nSPS) is 12.6. The van der Waals surface area contributed by atoms with Gasteiger partial charge < -0.3 is 4.98 Å².